The van der Waals surface area contributed by atoms with E-state index >= 15 is 0 Å². The molecule has 138 valence electrons. The number of anilines is 2. The number of nitrogens with one attached hydrogen (secondary N) is 2. The number of halogens is 1. The number of ether oxygens (including phenoxy) is 2. The second-order valence-corrected chi connectivity index (χ2v) is 6.53. The lowest BCUT2D eigenvalue weighted by Crippen LogP contribution is -2.42. The van der Waals surface area contributed by atoms with Gasteiger partial charge in [-0.2, -0.15) is 0 Å². The Morgan fingerprint density at radius 3 is 2.48 bits per heavy atom. The third kappa shape index (κ3) is 5.47. The fourth-order valence-electron chi connectivity index (χ4n) is 3.01. The first-order valence-corrected chi connectivity index (χ1v) is 9.07. The molecule has 25 heavy (non-hydrogen) atoms. The molecule has 0 bridgehead atoms. The number of morpholine rings is 2. The van der Waals surface area contributed by atoms with Gasteiger partial charge in [0.25, 0.3) is 0 Å². The molecular formula is C17H25ClN4O3. The van der Waals surface area contributed by atoms with Crippen molar-refractivity contribution in [2.45, 2.75) is 0 Å². The minimum Gasteiger partial charge on any atom is -0.379 e. The molecule has 0 aliphatic carbocycles. The van der Waals surface area contributed by atoms with Crippen LogP contribution in [0, 0.1) is 0 Å². The Labute approximate surface area is 153 Å². The maximum Gasteiger partial charge on any atom is 0.319 e. The highest BCUT2D eigenvalue weighted by Crippen LogP contribution is 2.29. The number of carbonyl (C=O) groups is 1. The highest BCUT2D eigenvalue weighted by atomic mass is 35.5. The molecule has 8 heteroatoms. The molecule has 0 saturated carbocycles. The predicted molar refractivity (Wildman–Crippen MR) is 98.8 cm³/mol. The van der Waals surface area contributed by atoms with Gasteiger partial charge in [0.15, 0.2) is 0 Å². The number of benzene rings is 1. The zero-order chi connectivity index (χ0) is 17.5. The zero-order valence-corrected chi connectivity index (χ0v) is 15.1. The number of hydrogen-bond donors (Lipinski definition) is 2. The van der Waals surface area contributed by atoms with E-state index in [1.807, 2.05) is 12.1 Å². The van der Waals surface area contributed by atoms with Crippen LogP contribution in [0.25, 0.3) is 0 Å². The van der Waals surface area contributed by atoms with Crippen LogP contribution in [0.1, 0.15) is 0 Å². The third-order valence-corrected chi connectivity index (χ3v) is 4.61. The maximum absolute atomic E-state index is 12.2. The van der Waals surface area contributed by atoms with Gasteiger partial charge in [0, 0.05) is 44.3 Å². The van der Waals surface area contributed by atoms with Crippen LogP contribution in [0.5, 0.6) is 0 Å². The molecule has 2 amide bonds. The van der Waals surface area contributed by atoms with Crippen LogP contribution in [0.15, 0.2) is 18.2 Å². The molecule has 2 heterocycles. The first-order valence-electron chi connectivity index (χ1n) is 8.69. The molecule has 2 aliphatic heterocycles. The van der Waals surface area contributed by atoms with E-state index in [2.05, 4.69) is 20.4 Å². The highest BCUT2D eigenvalue weighted by Gasteiger charge is 2.17. The van der Waals surface area contributed by atoms with Gasteiger partial charge in [-0.15, -0.1) is 0 Å². The molecule has 0 atom stereocenters. The summed E-state index contributed by atoms with van der Waals surface area (Å²) in [5, 5.41) is 6.43. The van der Waals surface area contributed by atoms with Gasteiger partial charge in [-0.3, -0.25) is 4.90 Å². The van der Waals surface area contributed by atoms with Gasteiger partial charge < -0.3 is 25.0 Å². The van der Waals surface area contributed by atoms with Crippen molar-refractivity contribution in [2.75, 3.05) is 75.9 Å². The molecule has 0 spiro atoms. The number of rotatable bonds is 5. The lowest BCUT2D eigenvalue weighted by atomic mass is 10.2. The molecule has 0 radical (unpaired) electrons. The van der Waals surface area contributed by atoms with Crippen LogP contribution in [-0.2, 0) is 9.47 Å². The summed E-state index contributed by atoms with van der Waals surface area (Å²) >= 11 is 6.11. The SMILES string of the molecule is O=C(NCCN1CCOCC1)Nc1cc(Cl)ccc1N1CCOCC1. The summed E-state index contributed by atoms with van der Waals surface area (Å²) in [5.74, 6) is 0. The largest absolute Gasteiger partial charge is 0.379 e. The number of urea groups is 1. The topological polar surface area (TPSA) is 66.1 Å². The first kappa shape index (κ1) is 18.3. The summed E-state index contributed by atoms with van der Waals surface area (Å²) in [7, 11) is 0. The maximum atomic E-state index is 12.2. The van der Waals surface area contributed by atoms with E-state index < -0.39 is 0 Å². The fraction of sp³-hybridized carbons (Fsp3) is 0.588. The molecule has 2 aliphatic rings. The Bertz CT molecular complexity index is 575. The molecule has 2 N–H and O–H groups in total. The quantitative estimate of drug-likeness (QED) is 0.827. The van der Waals surface area contributed by atoms with Crippen molar-refractivity contribution in [1.82, 2.24) is 10.2 Å². The van der Waals surface area contributed by atoms with Crippen molar-refractivity contribution in [3.63, 3.8) is 0 Å². The van der Waals surface area contributed by atoms with Crippen molar-refractivity contribution < 1.29 is 14.3 Å². The minimum absolute atomic E-state index is 0.218. The molecule has 7 nitrogen and oxygen atoms in total. The molecule has 2 fully saturated rings. The number of hydrogen-bond acceptors (Lipinski definition) is 5. The van der Waals surface area contributed by atoms with Crippen LogP contribution in [0.4, 0.5) is 16.2 Å². The van der Waals surface area contributed by atoms with Gasteiger partial charge in [0.05, 0.1) is 37.8 Å². The first-order chi connectivity index (χ1) is 12.2. The Kier molecular flexibility index (Phi) is 6.75. The number of carbonyl (C=O) groups excluding carboxylic acids is 1. The second-order valence-electron chi connectivity index (χ2n) is 6.10. The van der Waals surface area contributed by atoms with Crippen LogP contribution in [-0.4, -0.2) is 76.6 Å². The predicted octanol–water partition coefficient (Wildman–Crippen LogP) is 1.63. The average Bonchev–Trinajstić information content (AvgIpc) is 2.63. The van der Waals surface area contributed by atoms with Gasteiger partial charge in [-0.25, -0.2) is 4.79 Å². The lowest BCUT2D eigenvalue weighted by molar-refractivity contribution is 0.0388. The summed E-state index contributed by atoms with van der Waals surface area (Å²) in [6.07, 6.45) is 0. The highest BCUT2D eigenvalue weighted by molar-refractivity contribution is 6.31. The van der Waals surface area contributed by atoms with E-state index in [4.69, 9.17) is 21.1 Å². The van der Waals surface area contributed by atoms with E-state index in [0.717, 1.165) is 57.3 Å². The summed E-state index contributed by atoms with van der Waals surface area (Å²) in [6.45, 7) is 7.75. The number of amides is 2. The third-order valence-electron chi connectivity index (χ3n) is 4.38. The summed E-state index contributed by atoms with van der Waals surface area (Å²) in [6, 6.07) is 5.35. The fourth-order valence-corrected chi connectivity index (χ4v) is 3.18. The van der Waals surface area contributed by atoms with Crippen molar-refractivity contribution in [2.24, 2.45) is 0 Å². The van der Waals surface area contributed by atoms with Crippen molar-refractivity contribution in [3.8, 4) is 0 Å². The lowest BCUT2D eigenvalue weighted by Gasteiger charge is -2.30. The van der Waals surface area contributed by atoms with Crippen molar-refractivity contribution in [3.05, 3.63) is 23.2 Å². The molecule has 0 unspecified atom stereocenters. The monoisotopic (exact) mass is 368 g/mol. The zero-order valence-electron chi connectivity index (χ0n) is 14.3. The van der Waals surface area contributed by atoms with Crippen LogP contribution in [0.2, 0.25) is 5.02 Å². The second kappa shape index (κ2) is 9.24. The smallest absolute Gasteiger partial charge is 0.319 e. The van der Waals surface area contributed by atoms with Crippen LogP contribution < -0.4 is 15.5 Å². The van der Waals surface area contributed by atoms with Gasteiger partial charge in [0.1, 0.15) is 0 Å². The van der Waals surface area contributed by atoms with Gasteiger partial charge in [-0.05, 0) is 18.2 Å². The Morgan fingerprint density at radius 2 is 1.76 bits per heavy atom. The Morgan fingerprint density at radius 1 is 1.08 bits per heavy atom. The molecule has 0 aromatic heterocycles. The molecule has 2 saturated heterocycles. The normalized spacial score (nSPS) is 18.8. The van der Waals surface area contributed by atoms with Crippen LogP contribution in [0.3, 0.4) is 0 Å². The average molecular weight is 369 g/mol. The van der Waals surface area contributed by atoms with E-state index in [1.165, 1.54) is 0 Å². The van der Waals surface area contributed by atoms with Crippen LogP contribution >= 0.6 is 11.6 Å². The van der Waals surface area contributed by atoms with E-state index in [9.17, 15) is 4.79 Å². The van der Waals surface area contributed by atoms with E-state index in [-0.39, 0.29) is 6.03 Å². The van der Waals surface area contributed by atoms with E-state index in [1.54, 1.807) is 6.07 Å². The van der Waals surface area contributed by atoms with Crippen molar-refractivity contribution >= 4 is 29.0 Å². The Hall–Kier alpha value is -1.54. The molecule has 1 aromatic carbocycles. The molecule has 3 rings (SSSR count). The van der Waals surface area contributed by atoms with Gasteiger partial charge in [-0.1, -0.05) is 11.6 Å². The van der Waals surface area contributed by atoms with Gasteiger partial charge in [0.2, 0.25) is 0 Å². The standard InChI is InChI=1S/C17H25ClN4O3/c18-14-1-2-16(22-7-11-25-12-8-22)15(13-14)20-17(23)19-3-4-21-5-9-24-10-6-21/h1-2,13H,3-12H2,(H2,19,20,23). The molecule has 1 aromatic rings. The Balaban J connectivity index is 1.53. The summed E-state index contributed by atoms with van der Waals surface area (Å²) in [4.78, 5) is 16.7. The van der Waals surface area contributed by atoms with Gasteiger partial charge >= 0.3 is 6.03 Å². The summed E-state index contributed by atoms with van der Waals surface area (Å²) < 4.78 is 10.7. The molecular weight excluding hydrogens is 344 g/mol. The number of nitrogens with zero attached hydrogens (tertiary/aromatic N) is 2. The van der Waals surface area contributed by atoms with Crippen molar-refractivity contribution in [1.29, 1.82) is 0 Å². The summed E-state index contributed by atoms with van der Waals surface area (Å²) in [5.41, 5.74) is 1.69. The minimum atomic E-state index is -0.218. The van der Waals surface area contributed by atoms with E-state index in [0.29, 0.717) is 24.8 Å².